The van der Waals surface area contributed by atoms with Gasteiger partial charge >= 0.3 is 0 Å². The third-order valence-electron chi connectivity index (χ3n) is 3.26. The van der Waals surface area contributed by atoms with Crippen LogP contribution < -0.4 is 16.8 Å². The maximum atomic E-state index is 12.1. The Morgan fingerprint density at radius 2 is 1.95 bits per heavy atom. The molecule has 1 amide bonds. The minimum atomic E-state index is -0.628. The lowest BCUT2D eigenvalue weighted by Crippen LogP contribution is -2.44. The summed E-state index contributed by atoms with van der Waals surface area (Å²) in [6.45, 7) is 4.57. The van der Waals surface area contributed by atoms with Crippen molar-refractivity contribution < 1.29 is 4.79 Å². The lowest BCUT2D eigenvalue weighted by molar-refractivity contribution is -0.123. The molecule has 2 atom stereocenters. The van der Waals surface area contributed by atoms with Crippen LogP contribution in [0.15, 0.2) is 24.3 Å². The van der Waals surface area contributed by atoms with Gasteiger partial charge in [0.05, 0.1) is 0 Å². The van der Waals surface area contributed by atoms with E-state index in [0.29, 0.717) is 6.54 Å². The first-order chi connectivity index (χ1) is 9.08. The van der Waals surface area contributed by atoms with Crippen molar-refractivity contribution in [3.8, 4) is 0 Å². The third-order valence-corrected chi connectivity index (χ3v) is 3.26. The molecule has 0 saturated carbocycles. The van der Waals surface area contributed by atoms with Crippen LogP contribution in [-0.4, -0.2) is 18.5 Å². The lowest BCUT2D eigenvalue weighted by Gasteiger charge is -2.19. The van der Waals surface area contributed by atoms with E-state index in [1.165, 1.54) is 0 Å². The Kier molecular flexibility index (Phi) is 6.53. The number of carbonyl (C=O) groups excluding carboxylic acids is 1. The summed E-state index contributed by atoms with van der Waals surface area (Å²) in [5.74, 6) is -0.157. The molecule has 106 valence electrons. The number of carbonyl (C=O) groups is 1. The topological polar surface area (TPSA) is 81.1 Å². The Hall–Kier alpha value is -1.39. The van der Waals surface area contributed by atoms with E-state index in [-0.39, 0.29) is 11.9 Å². The zero-order valence-electron chi connectivity index (χ0n) is 11.9. The highest BCUT2D eigenvalue weighted by Gasteiger charge is 2.18. The monoisotopic (exact) mass is 263 g/mol. The molecule has 0 aliphatic heterocycles. The normalized spacial score (nSPS) is 13.9. The number of nitrogens with two attached hydrogens (primary N) is 2. The van der Waals surface area contributed by atoms with Crippen LogP contribution in [0, 0.1) is 6.92 Å². The van der Waals surface area contributed by atoms with Gasteiger partial charge in [0.15, 0.2) is 0 Å². The van der Waals surface area contributed by atoms with Crippen LogP contribution in [0.3, 0.4) is 0 Å². The van der Waals surface area contributed by atoms with E-state index in [4.69, 9.17) is 11.5 Å². The average molecular weight is 263 g/mol. The second-order valence-electron chi connectivity index (χ2n) is 4.97. The summed E-state index contributed by atoms with van der Waals surface area (Å²) in [5, 5.41) is 2.93. The molecule has 0 aromatic heterocycles. The molecule has 4 nitrogen and oxygen atoms in total. The highest BCUT2D eigenvalue weighted by molar-refractivity contribution is 5.83. The smallest absolute Gasteiger partial charge is 0.241 e. The van der Waals surface area contributed by atoms with E-state index < -0.39 is 6.04 Å². The minimum Gasteiger partial charge on any atom is -0.350 e. The highest BCUT2D eigenvalue weighted by Crippen LogP contribution is 2.12. The molecule has 0 heterocycles. The Labute approximate surface area is 115 Å². The SMILES string of the molecule is CCCCC(CN)NC(=O)C(N)c1ccc(C)cc1. The Bertz CT molecular complexity index is 389. The summed E-state index contributed by atoms with van der Waals surface area (Å²) in [5.41, 5.74) is 13.6. The van der Waals surface area contributed by atoms with Crippen molar-refractivity contribution in [1.29, 1.82) is 0 Å². The maximum Gasteiger partial charge on any atom is 0.241 e. The van der Waals surface area contributed by atoms with Crippen LogP contribution in [-0.2, 0) is 4.79 Å². The van der Waals surface area contributed by atoms with Crippen molar-refractivity contribution in [3.63, 3.8) is 0 Å². The van der Waals surface area contributed by atoms with Crippen LogP contribution in [0.4, 0.5) is 0 Å². The van der Waals surface area contributed by atoms with Crippen molar-refractivity contribution in [1.82, 2.24) is 5.32 Å². The van der Waals surface area contributed by atoms with Crippen LogP contribution in [0.25, 0.3) is 0 Å². The number of rotatable bonds is 7. The minimum absolute atomic E-state index is 0.0175. The van der Waals surface area contributed by atoms with Gasteiger partial charge < -0.3 is 16.8 Å². The Balaban J connectivity index is 2.58. The van der Waals surface area contributed by atoms with Gasteiger partial charge in [0, 0.05) is 12.6 Å². The van der Waals surface area contributed by atoms with E-state index >= 15 is 0 Å². The van der Waals surface area contributed by atoms with Gasteiger partial charge in [-0.3, -0.25) is 4.79 Å². The summed E-state index contributed by atoms with van der Waals surface area (Å²) < 4.78 is 0. The van der Waals surface area contributed by atoms with Crippen LogP contribution >= 0.6 is 0 Å². The molecule has 2 unspecified atom stereocenters. The molecule has 0 fully saturated rings. The van der Waals surface area contributed by atoms with Gasteiger partial charge in [0.2, 0.25) is 5.91 Å². The summed E-state index contributed by atoms with van der Waals surface area (Å²) in [4.78, 5) is 12.1. The molecule has 1 rings (SSSR count). The summed E-state index contributed by atoms with van der Waals surface area (Å²) in [6, 6.07) is 7.09. The molecule has 1 aromatic rings. The van der Waals surface area contributed by atoms with Crippen molar-refractivity contribution in [3.05, 3.63) is 35.4 Å². The Morgan fingerprint density at radius 3 is 2.47 bits per heavy atom. The quantitative estimate of drug-likeness (QED) is 0.699. The number of hydrogen-bond acceptors (Lipinski definition) is 3. The first-order valence-electron chi connectivity index (χ1n) is 6.91. The predicted octanol–water partition coefficient (Wildman–Crippen LogP) is 1.63. The molecule has 0 bridgehead atoms. The van der Waals surface area contributed by atoms with Gasteiger partial charge in [-0.15, -0.1) is 0 Å². The van der Waals surface area contributed by atoms with E-state index in [1.54, 1.807) is 0 Å². The van der Waals surface area contributed by atoms with Crippen LogP contribution in [0.5, 0.6) is 0 Å². The largest absolute Gasteiger partial charge is 0.350 e. The maximum absolute atomic E-state index is 12.1. The fourth-order valence-electron chi connectivity index (χ4n) is 1.92. The third kappa shape index (κ3) is 5.01. The van der Waals surface area contributed by atoms with Crippen molar-refractivity contribution in [2.24, 2.45) is 11.5 Å². The standard InChI is InChI=1S/C15H25N3O/c1-3-4-5-13(10-16)18-15(19)14(17)12-8-6-11(2)7-9-12/h6-9,13-14H,3-5,10,16-17H2,1-2H3,(H,18,19). The number of unbranched alkanes of at least 4 members (excludes halogenated alkanes) is 1. The van der Waals surface area contributed by atoms with E-state index in [1.807, 2.05) is 31.2 Å². The second-order valence-corrected chi connectivity index (χ2v) is 4.97. The zero-order valence-corrected chi connectivity index (χ0v) is 11.9. The number of benzene rings is 1. The zero-order chi connectivity index (χ0) is 14.3. The van der Waals surface area contributed by atoms with Gasteiger partial charge in [0.1, 0.15) is 6.04 Å². The first-order valence-corrected chi connectivity index (χ1v) is 6.91. The number of nitrogens with one attached hydrogen (secondary N) is 1. The average Bonchev–Trinajstić information content (AvgIpc) is 2.43. The summed E-state index contributed by atoms with van der Waals surface area (Å²) in [6.07, 6.45) is 3.05. The summed E-state index contributed by atoms with van der Waals surface area (Å²) in [7, 11) is 0. The van der Waals surface area contributed by atoms with Crippen molar-refractivity contribution in [2.75, 3.05) is 6.54 Å². The number of amides is 1. The van der Waals surface area contributed by atoms with Gasteiger partial charge in [0.25, 0.3) is 0 Å². The molecule has 0 saturated heterocycles. The molecule has 0 aliphatic carbocycles. The molecular weight excluding hydrogens is 238 g/mol. The molecular formula is C15H25N3O. The van der Waals surface area contributed by atoms with Gasteiger partial charge in [-0.05, 0) is 18.9 Å². The fraction of sp³-hybridized carbons (Fsp3) is 0.533. The van der Waals surface area contributed by atoms with Crippen LogP contribution in [0.1, 0.15) is 43.4 Å². The van der Waals surface area contributed by atoms with E-state index in [2.05, 4.69) is 12.2 Å². The van der Waals surface area contributed by atoms with Crippen molar-refractivity contribution in [2.45, 2.75) is 45.2 Å². The fourth-order valence-corrected chi connectivity index (χ4v) is 1.92. The molecule has 0 spiro atoms. The molecule has 0 aliphatic rings. The molecule has 4 heteroatoms. The summed E-state index contributed by atoms with van der Waals surface area (Å²) >= 11 is 0. The lowest BCUT2D eigenvalue weighted by atomic mass is 10.0. The number of aryl methyl sites for hydroxylation is 1. The number of hydrogen-bond donors (Lipinski definition) is 3. The van der Waals surface area contributed by atoms with Crippen LogP contribution in [0.2, 0.25) is 0 Å². The van der Waals surface area contributed by atoms with Gasteiger partial charge in [-0.2, -0.15) is 0 Å². The molecule has 19 heavy (non-hydrogen) atoms. The second kappa shape index (κ2) is 7.92. The predicted molar refractivity (Wildman–Crippen MR) is 78.6 cm³/mol. The van der Waals surface area contributed by atoms with Gasteiger partial charge in [-0.1, -0.05) is 49.6 Å². The van der Waals surface area contributed by atoms with Gasteiger partial charge in [-0.25, -0.2) is 0 Å². The van der Waals surface area contributed by atoms with Crippen molar-refractivity contribution >= 4 is 5.91 Å². The van der Waals surface area contributed by atoms with E-state index in [9.17, 15) is 4.79 Å². The van der Waals surface area contributed by atoms with E-state index in [0.717, 1.165) is 30.4 Å². The molecule has 1 aromatic carbocycles. The molecule has 5 N–H and O–H groups in total. The highest BCUT2D eigenvalue weighted by atomic mass is 16.2. The first kappa shape index (κ1) is 15.7. The molecule has 0 radical (unpaired) electrons. The Morgan fingerprint density at radius 1 is 1.32 bits per heavy atom.